The third-order valence-corrected chi connectivity index (χ3v) is 17.7. The maximum Gasteiger partial charge on any atom is 0.308 e. The molecule has 0 saturated carbocycles. The van der Waals surface area contributed by atoms with E-state index in [0.29, 0.717) is 12.8 Å². The van der Waals surface area contributed by atoms with Crippen molar-refractivity contribution in [3.05, 3.63) is 0 Å². The summed E-state index contributed by atoms with van der Waals surface area (Å²) in [7, 11) is 0. The van der Waals surface area contributed by atoms with Gasteiger partial charge in [-0.15, -0.1) is 0 Å². The Kier molecular flexibility index (Phi) is 30.8. The van der Waals surface area contributed by atoms with E-state index >= 15 is 0 Å². The largest absolute Gasteiger partial charge is 0.457 e. The van der Waals surface area contributed by atoms with Crippen molar-refractivity contribution >= 4 is 11.9 Å². The summed E-state index contributed by atoms with van der Waals surface area (Å²) in [6, 6.07) is 0. The number of hydrogen-bond donors (Lipinski definition) is 8. The number of esters is 2. The molecule has 26 atom stereocenters. The van der Waals surface area contributed by atoms with Crippen molar-refractivity contribution in [2.24, 2.45) is 5.92 Å². The van der Waals surface area contributed by atoms with E-state index in [4.69, 9.17) is 61.6 Å². The summed E-state index contributed by atoms with van der Waals surface area (Å²) in [5.74, 6) is -1.87. The monoisotopic (exact) mass is 1220 g/mol. The van der Waals surface area contributed by atoms with Crippen LogP contribution in [0.3, 0.4) is 0 Å². The highest BCUT2D eigenvalue weighted by molar-refractivity contribution is 5.71. The van der Waals surface area contributed by atoms with Crippen LogP contribution < -0.4 is 0 Å². The van der Waals surface area contributed by atoms with E-state index in [9.17, 15) is 50.4 Å². The molecule has 496 valence electrons. The van der Waals surface area contributed by atoms with Crippen molar-refractivity contribution in [2.45, 2.75) is 370 Å². The Labute approximate surface area is 504 Å². The molecule has 23 heteroatoms. The number of ether oxygens (including phenoxy) is 13. The van der Waals surface area contributed by atoms with Crippen LogP contribution in [0.15, 0.2) is 0 Å². The van der Waals surface area contributed by atoms with Crippen molar-refractivity contribution in [3.63, 3.8) is 0 Å². The molecule has 0 aromatic rings. The van der Waals surface area contributed by atoms with Crippen LogP contribution in [0.1, 0.15) is 210 Å². The van der Waals surface area contributed by atoms with E-state index in [-0.39, 0.29) is 19.1 Å². The zero-order valence-corrected chi connectivity index (χ0v) is 52.3. The molecule has 85 heavy (non-hydrogen) atoms. The van der Waals surface area contributed by atoms with Crippen LogP contribution in [-0.2, 0) is 71.2 Å². The Morgan fingerprint density at radius 1 is 0.424 bits per heavy atom. The van der Waals surface area contributed by atoms with Gasteiger partial charge in [0.15, 0.2) is 43.7 Å². The van der Waals surface area contributed by atoms with Gasteiger partial charge in [0.1, 0.15) is 79.4 Å². The van der Waals surface area contributed by atoms with Gasteiger partial charge in [-0.1, -0.05) is 143 Å². The second kappa shape index (κ2) is 36.3. The minimum absolute atomic E-state index is 0.0355. The standard InChI is InChI=1S/C62H110O23/c1-10-12-14-15-16-17-21-24-28-32-41(63)80-56-55(84-58-47(69)44(66)42(64)35(5)74-58)52(82-59-48(70)46(68)50(37(7)76-59)81-57(72)34(3)4)39(9)78-62(56)83-51-38(8)77-60-49(71)53(51)73-33-29-25-22-19-18-20-23-27-31-40(30-26-13-11-2)79-54-45(67)43(65)36(6)75-61(54)85-60/h34-40,42-56,58-62,64-71H,10-33H2,1-9H3/t35-,36+,37-,38-,39-,40?,42-,43-,44+,45-,46-,47+,48+,49+,50-,51-,52-,53-,54+,55+,56+,58-,59-,60-,61+,62-/m0/s1. The lowest BCUT2D eigenvalue weighted by Gasteiger charge is -2.51. The second-order valence-electron chi connectivity index (χ2n) is 25.2. The van der Waals surface area contributed by atoms with Gasteiger partial charge >= 0.3 is 11.9 Å². The predicted octanol–water partition coefficient (Wildman–Crippen LogP) is 5.41. The molecule has 6 aliphatic heterocycles. The van der Waals surface area contributed by atoms with Gasteiger partial charge in [0.05, 0.1) is 42.5 Å². The molecule has 1 unspecified atom stereocenters. The van der Waals surface area contributed by atoms with Crippen LogP contribution >= 0.6 is 0 Å². The highest BCUT2D eigenvalue weighted by Crippen LogP contribution is 2.39. The SMILES string of the molecule is CCCCCCCCCCCC(=O)O[C@H]1[C@H](O[C@@H]2[C@H]3OCCCCCCCCCCC(CCCCC)O[C@H]4[C@@H](O[C@H](O[C@H]2C)[C@@H]3O)O[C@H](C)[C@H](O)[C@@H]4O)O[C@@H](C)[C@H](O[C@@H]2O[C@@H](C)[C@H](OC(=O)C(C)C)[C@@H](O)[C@H]2O)[C@H]1O[C@@H]1O[C@@H](C)[C@H](O)[C@@H](O)[C@H]1O. The first-order chi connectivity index (χ1) is 40.7. The van der Waals surface area contributed by atoms with E-state index in [0.717, 1.165) is 116 Å². The molecule has 0 spiro atoms. The molecule has 2 bridgehead atoms. The molecule has 8 N–H and O–H groups in total. The zero-order chi connectivity index (χ0) is 61.9. The van der Waals surface area contributed by atoms with Crippen LogP contribution in [0.5, 0.6) is 0 Å². The van der Waals surface area contributed by atoms with Crippen LogP contribution in [0.4, 0.5) is 0 Å². The van der Waals surface area contributed by atoms with Crippen molar-refractivity contribution in [3.8, 4) is 0 Å². The normalized spacial score (nSPS) is 42.1. The Morgan fingerprint density at radius 2 is 0.929 bits per heavy atom. The Bertz CT molecular complexity index is 1890. The fourth-order valence-electron chi connectivity index (χ4n) is 12.2. The summed E-state index contributed by atoms with van der Waals surface area (Å²) in [6.07, 6.45) is -14.9. The Hall–Kier alpha value is -1.82. The summed E-state index contributed by atoms with van der Waals surface area (Å²) in [5, 5.41) is 91.6. The van der Waals surface area contributed by atoms with Gasteiger partial charge in [-0.3, -0.25) is 9.59 Å². The molecular formula is C62H110O23. The lowest BCUT2D eigenvalue weighted by Crippen LogP contribution is -2.68. The molecule has 0 amide bonds. The topological polar surface area (TPSA) is 316 Å². The van der Waals surface area contributed by atoms with Crippen molar-refractivity contribution in [1.82, 2.24) is 0 Å². The number of aliphatic hydroxyl groups is 8. The van der Waals surface area contributed by atoms with Gasteiger partial charge in [0.25, 0.3) is 0 Å². The summed E-state index contributed by atoms with van der Waals surface area (Å²) in [5.41, 5.74) is 0. The highest BCUT2D eigenvalue weighted by Gasteiger charge is 2.58. The third kappa shape index (κ3) is 20.6. The molecule has 6 rings (SSSR count). The molecule has 6 heterocycles. The van der Waals surface area contributed by atoms with Crippen LogP contribution in [-0.4, -0.2) is 219 Å². The van der Waals surface area contributed by atoms with E-state index < -0.39 is 171 Å². The zero-order valence-electron chi connectivity index (χ0n) is 52.3. The Morgan fingerprint density at radius 3 is 1.59 bits per heavy atom. The van der Waals surface area contributed by atoms with Crippen LogP contribution in [0, 0.1) is 5.92 Å². The summed E-state index contributed by atoms with van der Waals surface area (Å²) in [6.45, 7) is 15.6. The number of rotatable bonds is 23. The Balaban J connectivity index is 1.34. The van der Waals surface area contributed by atoms with Gasteiger partial charge in [-0.25, -0.2) is 0 Å². The molecule has 6 saturated heterocycles. The van der Waals surface area contributed by atoms with Gasteiger partial charge < -0.3 is 102 Å². The number of fused-ring (bicyclic) bond motifs is 3. The highest BCUT2D eigenvalue weighted by atomic mass is 16.8. The predicted molar refractivity (Wildman–Crippen MR) is 306 cm³/mol. The summed E-state index contributed by atoms with van der Waals surface area (Å²) in [4.78, 5) is 27.0. The van der Waals surface area contributed by atoms with E-state index in [1.807, 2.05) is 0 Å². The maximum atomic E-state index is 14.3. The number of hydrogen-bond acceptors (Lipinski definition) is 23. The first-order valence-corrected chi connectivity index (χ1v) is 32.7. The maximum absolute atomic E-state index is 14.3. The van der Waals surface area contributed by atoms with Gasteiger partial charge in [-0.2, -0.15) is 0 Å². The molecule has 0 aromatic heterocycles. The van der Waals surface area contributed by atoms with E-state index in [1.54, 1.807) is 34.6 Å². The summed E-state index contributed by atoms with van der Waals surface area (Å²) < 4.78 is 83.3. The third-order valence-electron chi connectivity index (χ3n) is 17.7. The lowest BCUT2D eigenvalue weighted by atomic mass is 9.95. The number of carbonyl (C=O) groups is 2. The van der Waals surface area contributed by atoms with Crippen molar-refractivity contribution < 1.29 is 112 Å². The fraction of sp³-hybridized carbons (Fsp3) is 0.968. The lowest BCUT2D eigenvalue weighted by molar-refractivity contribution is -0.404. The molecule has 23 nitrogen and oxygen atoms in total. The van der Waals surface area contributed by atoms with Gasteiger partial charge in [-0.05, 0) is 60.3 Å². The molecule has 0 aromatic carbocycles. The number of carbonyl (C=O) groups excluding carboxylic acids is 2. The first kappa shape index (κ1) is 72.2. The number of aliphatic hydroxyl groups excluding tert-OH is 8. The smallest absolute Gasteiger partial charge is 0.308 e. The molecule has 6 fully saturated rings. The molecule has 0 radical (unpaired) electrons. The second-order valence-corrected chi connectivity index (χ2v) is 25.2. The quantitative estimate of drug-likeness (QED) is 0.0468. The average molecular weight is 1220 g/mol. The molecular weight excluding hydrogens is 1110 g/mol. The first-order valence-electron chi connectivity index (χ1n) is 32.7. The van der Waals surface area contributed by atoms with E-state index in [2.05, 4.69) is 13.8 Å². The van der Waals surface area contributed by atoms with Crippen LogP contribution in [0.2, 0.25) is 0 Å². The minimum atomic E-state index is -1.86. The van der Waals surface area contributed by atoms with Crippen molar-refractivity contribution in [1.29, 1.82) is 0 Å². The fourth-order valence-corrected chi connectivity index (χ4v) is 12.2. The number of unbranched alkanes of at least 4 members (excludes halogenated alkanes) is 10. The average Bonchev–Trinajstić information content (AvgIpc) is 1.08. The van der Waals surface area contributed by atoms with Crippen LogP contribution in [0.25, 0.3) is 0 Å². The van der Waals surface area contributed by atoms with E-state index in [1.165, 1.54) is 26.7 Å². The molecule has 0 aliphatic carbocycles. The summed E-state index contributed by atoms with van der Waals surface area (Å²) >= 11 is 0. The molecule has 6 aliphatic rings. The van der Waals surface area contributed by atoms with Gasteiger partial charge in [0.2, 0.25) is 0 Å². The minimum Gasteiger partial charge on any atom is -0.457 e. The van der Waals surface area contributed by atoms with Crippen molar-refractivity contribution in [2.75, 3.05) is 6.61 Å². The van der Waals surface area contributed by atoms with Gasteiger partial charge in [0, 0.05) is 13.0 Å².